The van der Waals surface area contributed by atoms with E-state index >= 15 is 0 Å². The molecule has 2 N–H and O–H groups in total. The Bertz CT molecular complexity index is 1320. The van der Waals surface area contributed by atoms with E-state index in [9.17, 15) is 19.2 Å². The summed E-state index contributed by atoms with van der Waals surface area (Å²) in [5.74, 6) is -0.648. The fourth-order valence-electron chi connectivity index (χ4n) is 3.09. The number of nitrogens with one attached hydrogen (secondary N) is 2. The number of amides is 2. The molecule has 0 spiro atoms. The number of hydrogen-bond acceptors (Lipinski definition) is 5. The number of benzene rings is 3. The Morgan fingerprint density at radius 1 is 1.03 bits per heavy atom. The van der Waals surface area contributed by atoms with E-state index in [-0.39, 0.29) is 12.2 Å². The topological polar surface area (TPSA) is 100 Å². The van der Waals surface area contributed by atoms with Crippen LogP contribution in [0.2, 0.25) is 0 Å². The number of aryl methyl sites for hydroxylation is 1. The number of anilines is 2. The van der Waals surface area contributed by atoms with Gasteiger partial charge in [0, 0.05) is 11.4 Å². The first kappa shape index (κ1) is 26.7. The fourth-order valence-corrected chi connectivity index (χ4v) is 3.87. The number of nitrogens with zero attached hydrogens (tertiary/aromatic N) is 1. The van der Waals surface area contributed by atoms with Gasteiger partial charge in [0.25, 0.3) is 11.8 Å². The lowest BCUT2D eigenvalue weighted by Crippen LogP contribution is -2.20. The van der Waals surface area contributed by atoms with Gasteiger partial charge in [-0.05, 0) is 96.6 Å². The summed E-state index contributed by atoms with van der Waals surface area (Å²) in [4.78, 5) is 24.9. The minimum atomic E-state index is -0.535. The fraction of sp³-hybridized carbons (Fsp3) is 0.148. The lowest BCUT2D eigenvalue weighted by molar-refractivity contribution is -0.118. The Kier molecular flexibility index (Phi) is 9.41. The van der Waals surface area contributed by atoms with Crippen molar-refractivity contribution >= 4 is 51.9 Å². The maximum Gasteiger partial charge on any atom is 0.266 e. The molecule has 0 unspecified atom stereocenters. The van der Waals surface area contributed by atoms with Crippen LogP contribution in [0.4, 0.5) is 15.8 Å². The molecule has 2 amide bonds. The molecule has 3 aromatic rings. The van der Waals surface area contributed by atoms with Gasteiger partial charge >= 0.3 is 0 Å². The Labute approximate surface area is 222 Å². The molecule has 3 aromatic carbocycles. The van der Waals surface area contributed by atoms with Gasteiger partial charge in [0.05, 0.1) is 10.2 Å². The average Bonchev–Trinajstić information content (AvgIpc) is 2.85. The summed E-state index contributed by atoms with van der Waals surface area (Å²) in [6, 6.07) is 17.9. The third kappa shape index (κ3) is 7.55. The molecule has 0 heterocycles. The smallest absolute Gasteiger partial charge is 0.266 e. The van der Waals surface area contributed by atoms with E-state index in [0.717, 1.165) is 5.56 Å². The maximum atomic E-state index is 13.0. The van der Waals surface area contributed by atoms with Crippen molar-refractivity contribution < 1.29 is 23.5 Å². The van der Waals surface area contributed by atoms with Gasteiger partial charge in [0.15, 0.2) is 18.1 Å². The van der Waals surface area contributed by atoms with Gasteiger partial charge in [-0.25, -0.2) is 4.39 Å². The van der Waals surface area contributed by atoms with E-state index in [2.05, 4.69) is 10.6 Å². The highest BCUT2D eigenvalue weighted by atomic mass is 127. The van der Waals surface area contributed by atoms with Crippen molar-refractivity contribution in [1.82, 2.24) is 0 Å². The van der Waals surface area contributed by atoms with Crippen LogP contribution in [0.5, 0.6) is 11.5 Å². The van der Waals surface area contributed by atoms with Gasteiger partial charge in [0.2, 0.25) is 0 Å². The van der Waals surface area contributed by atoms with Crippen LogP contribution in [0.15, 0.2) is 66.2 Å². The number of carbonyl (C=O) groups excluding carboxylic acids is 2. The Morgan fingerprint density at radius 3 is 2.31 bits per heavy atom. The molecule has 7 nitrogen and oxygen atoms in total. The van der Waals surface area contributed by atoms with E-state index in [4.69, 9.17) is 9.47 Å². The first-order valence-corrected chi connectivity index (χ1v) is 12.0. The minimum absolute atomic E-state index is 0.0823. The van der Waals surface area contributed by atoms with Gasteiger partial charge in [-0.1, -0.05) is 17.7 Å². The van der Waals surface area contributed by atoms with Gasteiger partial charge < -0.3 is 20.1 Å². The first-order valence-electron chi connectivity index (χ1n) is 10.9. The Morgan fingerprint density at radius 2 is 1.67 bits per heavy atom. The number of ether oxygens (including phenoxy) is 2. The second-order valence-corrected chi connectivity index (χ2v) is 8.76. The molecule has 0 fully saturated rings. The molecule has 3 rings (SSSR count). The normalized spacial score (nSPS) is 10.8. The van der Waals surface area contributed by atoms with Crippen LogP contribution in [0.25, 0.3) is 6.08 Å². The average molecular weight is 599 g/mol. The molecule has 36 heavy (non-hydrogen) atoms. The molecule has 0 radical (unpaired) electrons. The van der Waals surface area contributed by atoms with E-state index in [1.807, 2.05) is 47.7 Å². The second kappa shape index (κ2) is 12.7. The van der Waals surface area contributed by atoms with Gasteiger partial charge in [-0.2, -0.15) is 5.26 Å². The molecule has 0 saturated carbocycles. The van der Waals surface area contributed by atoms with Crippen LogP contribution in [0, 0.1) is 27.6 Å². The van der Waals surface area contributed by atoms with Crippen molar-refractivity contribution in [2.75, 3.05) is 23.8 Å². The molecule has 0 saturated heterocycles. The molecule has 184 valence electrons. The molecule has 0 aliphatic rings. The zero-order valence-corrected chi connectivity index (χ0v) is 21.8. The highest BCUT2D eigenvalue weighted by Gasteiger charge is 2.16. The van der Waals surface area contributed by atoms with E-state index in [1.54, 1.807) is 31.2 Å². The highest BCUT2D eigenvalue weighted by Crippen LogP contribution is 2.35. The third-order valence-corrected chi connectivity index (χ3v) is 5.59. The van der Waals surface area contributed by atoms with Crippen molar-refractivity contribution in [2.24, 2.45) is 0 Å². The molecule has 0 aromatic heterocycles. The summed E-state index contributed by atoms with van der Waals surface area (Å²) >= 11 is 2.03. The standard InChI is InChI=1S/C27H23FIN3O4/c1-3-35-24-14-18(12-19(15-30)27(34)32-22-8-4-17(2)5-9-22)13-23(29)26(24)36-16-25(33)31-21-10-6-20(28)7-11-21/h4-14H,3,16H2,1-2H3,(H,31,33)(H,32,34)/b19-12-. The quantitative estimate of drug-likeness (QED) is 0.187. The largest absolute Gasteiger partial charge is 0.490 e. The monoisotopic (exact) mass is 599 g/mol. The Hall–Kier alpha value is -3.91. The molecule has 0 aliphatic heterocycles. The zero-order valence-electron chi connectivity index (χ0n) is 19.6. The van der Waals surface area contributed by atoms with Gasteiger partial charge in [-0.3, -0.25) is 9.59 Å². The minimum Gasteiger partial charge on any atom is -0.490 e. The lowest BCUT2D eigenvalue weighted by atomic mass is 10.1. The highest BCUT2D eigenvalue weighted by molar-refractivity contribution is 14.1. The number of carbonyl (C=O) groups is 2. The van der Waals surface area contributed by atoms with Crippen LogP contribution >= 0.6 is 22.6 Å². The van der Waals surface area contributed by atoms with Crippen LogP contribution in [0.1, 0.15) is 18.1 Å². The van der Waals surface area contributed by atoms with E-state index < -0.39 is 17.6 Å². The SMILES string of the molecule is CCOc1cc(/C=C(/C#N)C(=O)Nc2ccc(C)cc2)cc(I)c1OCC(=O)Nc1ccc(F)cc1. The predicted octanol–water partition coefficient (Wildman–Crippen LogP) is 5.70. The number of hydrogen-bond donors (Lipinski definition) is 2. The van der Waals surface area contributed by atoms with Crippen molar-refractivity contribution in [1.29, 1.82) is 5.26 Å². The van der Waals surface area contributed by atoms with Crippen molar-refractivity contribution in [3.05, 3.63) is 86.8 Å². The molecule has 9 heteroatoms. The van der Waals surface area contributed by atoms with Crippen LogP contribution in [-0.4, -0.2) is 25.0 Å². The number of rotatable bonds is 9. The van der Waals surface area contributed by atoms with Crippen LogP contribution in [-0.2, 0) is 9.59 Å². The van der Waals surface area contributed by atoms with Gasteiger partial charge in [0.1, 0.15) is 17.5 Å². The summed E-state index contributed by atoms with van der Waals surface area (Å²) in [5, 5.41) is 14.9. The molecule has 0 atom stereocenters. The summed E-state index contributed by atoms with van der Waals surface area (Å²) < 4.78 is 25.1. The van der Waals surface area contributed by atoms with E-state index in [0.29, 0.717) is 38.6 Å². The summed E-state index contributed by atoms with van der Waals surface area (Å²) in [6.07, 6.45) is 1.46. The predicted molar refractivity (Wildman–Crippen MR) is 144 cm³/mol. The Balaban J connectivity index is 1.76. The second-order valence-electron chi connectivity index (χ2n) is 7.60. The van der Waals surface area contributed by atoms with Crippen LogP contribution in [0.3, 0.4) is 0 Å². The van der Waals surface area contributed by atoms with Crippen molar-refractivity contribution in [3.8, 4) is 17.6 Å². The summed E-state index contributed by atoms with van der Waals surface area (Å²) in [5.41, 5.74) is 2.55. The molecular weight excluding hydrogens is 576 g/mol. The summed E-state index contributed by atoms with van der Waals surface area (Å²) in [7, 11) is 0. The van der Waals surface area contributed by atoms with Gasteiger partial charge in [-0.15, -0.1) is 0 Å². The lowest BCUT2D eigenvalue weighted by Gasteiger charge is -2.15. The van der Waals surface area contributed by atoms with Crippen molar-refractivity contribution in [3.63, 3.8) is 0 Å². The maximum absolute atomic E-state index is 13.0. The molecular formula is C27H23FIN3O4. The number of halogens is 2. The zero-order chi connectivity index (χ0) is 26.1. The summed E-state index contributed by atoms with van der Waals surface area (Å²) in [6.45, 7) is 3.77. The van der Waals surface area contributed by atoms with Crippen molar-refractivity contribution in [2.45, 2.75) is 13.8 Å². The first-order chi connectivity index (χ1) is 17.3. The van der Waals surface area contributed by atoms with Crippen LogP contribution < -0.4 is 20.1 Å². The third-order valence-electron chi connectivity index (χ3n) is 4.79. The molecule has 0 aliphatic carbocycles. The number of nitriles is 1. The molecule has 0 bridgehead atoms. The van der Waals surface area contributed by atoms with E-state index in [1.165, 1.54) is 30.3 Å².